The highest BCUT2D eigenvalue weighted by atomic mass is 19.1. The number of hydrogen-bond donors (Lipinski definition) is 1. The molecule has 20 heavy (non-hydrogen) atoms. The van der Waals surface area contributed by atoms with Crippen molar-refractivity contribution in [1.82, 2.24) is 19.7 Å². The van der Waals surface area contributed by atoms with E-state index >= 15 is 0 Å². The van der Waals surface area contributed by atoms with Gasteiger partial charge in [-0.1, -0.05) is 12.1 Å². The highest BCUT2D eigenvalue weighted by Crippen LogP contribution is 2.28. The zero-order valence-electron chi connectivity index (χ0n) is 10.8. The number of aromatic amines is 1. The molecule has 0 fully saturated rings. The Morgan fingerprint density at radius 1 is 1.15 bits per heavy atom. The quantitative estimate of drug-likeness (QED) is 0.575. The fourth-order valence-corrected chi connectivity index (χ4v) is 2.52. The summed E-state index contributed by atoms with van der Waals surface area (Å²) in [5.74, 6) is 0.488. The molecule has 0 bridgehead atoms. The van der Waals surface area contributed by atoms with E-state index in [9.17, 15) is 4.39 Å². The maximum atomic E-state index is 13.2. The number of imidazole rings is 1. The molecule has 0 unspecified atom stereocenters. The van der Waals surface area contributed by atoms with Gasteiger partial charge >= 0.3 is 0 Å². The van der Waals surface area contributed by atoms with E-state index in [4.69, 9.17) is 0 Å². The number of aromatic nitrogens is 4. The molecule has 4 aromatic rings. The SMILES string of the molecule is Cn1c(-c2n[nH]c3cc(F)ccc23)nc2ccccc21. The monoisotopic (exact) mass is 266 g/mol. The van der Waals surface area contributed by atoms with E-state index in [1.165, 1.54) is 12.1 Å². The second kappa shape index (κ2) is 3.90. The first kappa shape index (κ1) is 11.2. The summed E-state index contributed by atoms with van der Waals surface area (Å²) in [5.41, 5.74) is 3.37. The summed E-state index contributed by atoms with van der Waals surface area (Å²) in [5, 5.41) is 8.01. The third-order valence-corrected chi connectivity index (χ3v) is 3.52. The number of halogens is 1. The molecule has 4 nitrogen and oxygen atoms in total. The smallest absolute Gasteiger partial charge is 0.162 e. The van der Waals surface area contributed by atoms with Crippen molar-refractivity contribution in [2.24, 2.45) is 7.05 Å². The lowest BCUT2D eigenvalue weighted by Gasteiger charge is -1.99. The van der Waals surface area contributed by atoms with Gasteiger partial charge in [-0.25, -0.2) is 9.37 Å². The summed E-state index contributed by atoms with van der Waals surface area (Å²) in [4.78, 5) is 4.61. The van der Waals surface area contributed by atoms with Crippen molar-refractivity contribution < 1.29 is 4.39 Å². The molecule has 5 heteroatoms. The molecular formula is C15H11FN4. The van der Waals surface area contributed by atoms with E-state index in [1.807, 2.05) is 35.9 Å². The third kappa shape index (κ3) is 1.46. The summed E-state index contributed by atoms with van der Waals surface area (Å²) in [6.45, 7) is 0. The van der Waals surface area contributed by atoms with Crippen LogP contribution in [-0.4, -0.2) is 19.7 Å². The molecule has 0 atom stereocenters. The fraction of sp³-hybridized carbons (Fsp3) is 0.0667. The molecule has 2 aromatic carbocycles. The van der Waals surface area contributed by atoms with Crippen LogP contribution in [0.2, 0.25) is 0 Å². The summed E-state index contributed by atoms with van der Waals surface area (Å²) < 4.78 is 15.2. The van der Waals surface area contributed by atoms with Gasteiger partial charge in [0.2, 0.25) is 0 Å². The van der Waals surface area contributed by atoms with Gasteiger partial charge in [0.05, 0.1) is 16.6 Å². The predicted octanol–water partition coefficient (Wildman–Crippen LogP) is 3.26. The number of benzene rings is 2. The summed E-state index contributed by atoms with van der Waals surface area (Å²) in [7, 11) is 1.95. The van der Waals surface area contributed by atoms with Crippen LogP contribution in [0.5, 0.6) is 0 Å². The Bertz CT molecular complexity index is 936. The number of aryl methyl sites for hydroxylation is 1. The Kier molecular flexibility index (Phi) is 2.18. The average molecular weight is 266 g/mol. The third-order valence-electron chi connectivity index (χ3n) is 3.52. The largest absolute Gasteiger partial charge is 0.326 e. The minimum Gasteiger partial charge on any atom is -0.326 e. The Hall–Kier alpha value is -2.69. The van der Waals surface area contributed by atoms with Crippen molar-refractivity contribution >= 4 is 21.9 Å². The molecule has 0 radical (unpaired) electrons. The molecule has 0 aliphatic rings. The van der Waals surface area contributed by atoms with E-state index in [0.717, 1.165) is 27.9 Å². The van der Waals surface area contributed by atoms with Gasteiger partial charge < -0.3 is 4.57 Å². The first-order valence-electron chi connectivity index (χ1n) is 6.29. The normalized spacial score (nSPS) is 11.5. The van der Waals surface area contributed by atoms with Crippen molar-refractivity contribution in [1.29, 1.82) is 0 Å². The lowest BCUT2D eigenvalue weighted by molar-refractivity contribution is 0.629. The van der Waals surface area contributed by atoms with Crippen LogP contribution < -0.4 is 0 Å². The molecule has 0 saturated heterocycles. The van der Waals surface area contributed by atoms with Crippen LogP contribution in [0.4, 0.5) is 4.39 Å². The van der Waals surface area contributed by atoms with Crippen LogP contribution in [0.15, 0.2) is 42.5 Å². The number of rotatable bonds is 1. The number of hydrogen-bond acceptors (Lipinski definition) is 2. The molecule has 2 heterocycles. The van der Waals surface area contributed by atoms with E-state index in [1.54, 1.807) is 6.07 Å². The molecule has 0 aliphatic carbocycles. The second-order valence-corrected chi connectivity index (χ2v) is 4.75. The van der Waals surface area contributed by atoms with Crippen molar-refractivity contribution in [3.8, 4) is 11.5 Å². The van der Waals surface area contributed by atoms with Crippen molar-refractivity contribution in [2.75, 3.05) is 0 Å². The minimum atomic E-state index is -0.280. The molecule has 4 rings (SSSR count). The highest BCUT2D eigenvalue weighted by molar-refractivity contribution is 5.93. The summed E-state index contributed by atoms with van der Waals surface area (Å²) >= 11 is 0. The Morgan fingerprint density at radius 2 is 2.00 bits per heavy atom. The zero-order valence-corrected chi connectivity index (χ0v) is 10.8. The maximum absolute atomic E-state index is 13.2. The van der Waals surface area contributed by atoms with Gasteiger partial charge in [0, 0.05) is 12.4 Å². The maximum Gasteiger partial charge on any atom is 0.162 e. The van der Waals surface area contributed by atoms with Crippen LogP contribution in [0.1, 0.15) is 0 Å². The Morgan fingerprint density at radius 3 is 2.85 bits per heavy atom. The van der Waals surface area contributed by atoms with Gasteiger partial charge in [0.25, 0.3) is 0 Å². The number of fused-ring (bicyclic) bond motifs is 2. The molecule has 0 saturated carbocycles. The van der Waals surface area contributed by atoms with Crippen LogP contribution >= 0.6 is 0 Å². The van der Waals surface area contributed by atoms with Crippen molar-refractivity contribution in [2.45, 2.75) is 0 Å². The number of H-pyrrole nitrogens is 1. The topological polar surface area (TPSA) is 46.5 Å². The summed E-state index contributed by atoms with van der Waals surface area (Å²) in [6.07, 6.45) is 0. The molecule has 0 amide bonds. The van der Waals surface area contributed by atoms with Crippen molar-refractivity contribution in [3.05, 3.63) is 48.3 Å². The Labute approximate surface area is 113 Å². The second-order valence-electron chi connectivity index (χ2n) is 4.75. The minimum absolute atomic E-state index is 0.280. The van der Waals surface area contributed by atoms with E-state index in [-0.39, 0.29) is 5.82 Å². The fourth-order valence-electron chi connectivity index (χ4n) is 2.52. The van der Waals surface area contributed by atoms with Crippen LogP contribution in [0.3, 0.4) is 0 Å². The molecular weight excluding hydrogens is 255 g/mol. The molecule has 1 N–H and O–H groups in total. The standard InChI is InChI=1S/C15H11FN4/c1-20-13-5-3-2-4-11(13)17-15(20)14-10-7-6-9(16)8-12(10)18-19-14/h2-8H,1H3,(H,18,19). The van der Waals surface area contributed by atoms with Crippen LogP contribution in [0, 0.1) is 5.82 Å². The molecule has 2 aromatic heterocycles. The van der Waals surface area contributed by atoms with Gasteiger partial charge in [-0.2, -0.15) is 5.10 Å². The van der Waals surface area contributed by atoms with E-state index < -0.39 is 0 Å². The lowest BCUT2D eigenvalue weighted by atomic mass is 10.2. The number of nitrogens with one attached hydrogen (secondary N) is 1. The molecule has 0 spiro atoms. The average Bonchev–Trinajstić information content (AvgIpc) is 3.00. The van der Waals surface area contributed by atoms with E-state index in [0.29, 0.717) is 5.52 Å². The van der Waals surface area contributed by atoms with Crippen LogP contribution in [0.25, 0.3) is 33.5 Å². The first-order chi connectivity index (χ1) is 9.74. The number of nitrogens with zero attached hydrogens (tertiary/aromatic N) is 3. The van der Waals surface area contributed by atoms with Gasteiger partial charge in [-0.05, 0) is 30.3 Å². The van der Waals surface area contributed by atoms with Crippen LogP contribution in [-0.2, 0) is 7.05 Å². The van der Waals surface area contributed by atoms with Gasteiger partial charge in [0.1, 0.15) is 11.5 Å². The Balaban J connectivity index is 2.03. The predicted molar refractivity (Wildman–Crippen MR) is 75.8 cm³/mol. The lowest BCUT2D eigenvalue weighted by Crippen LogP contribution is -1.93. The van der Waals surface area contributed by atoms with Crippen molar-refractivity contribution in [3.63, 3.8) is 0 Å². The summed E-state index contributed by atoms with van der Waals surface area (Å²) in [6, 6.07) is 12.5. The number of para-hydroxylation sites is 2. The first-order valence-corrected chi connectivity index (χ1v) is 6.29. The zero-order chi connectivity index (χ0) is 13.7. The molecule has 98 valence electrons. The molecule has 0 aliphatic heterocycles. The van der Waals surface area contributed by atoms with Gasteiger partial charge in [-0.15, -0.1) is 0 Å². The van der Waals surface area contributed by atoms with Gasteiger partial charge in [-0.3, -0.25) is 5.10 Å². The van der Waals surface area contributed by atoms with Gasteiger partial charge in [0.15, 0.2) is 5.82 Å². The van der Waals surface area contributed by atoms with E-state index in [2.05, 4.69) is 15.2 Å². The highest BCUT2D eigenvalue weighted by Gasteiger charge is 2.15.